The molecule has 0 saturated heterocycles. The smallest absolute Gasteiger partial charge is 0.261 e. The van der Waals surface area contributed by atoms with E-state index in [1.165, 1.54) is 0 Å². The number of hydrogen-bond donors (Lipinski definition) is 0. The average Bonchev–Trinajstić information content (AvgIpc) is 2.72. The molecule has 0 spiro atoms. The van der Waals surface area contributed by atoms with Crippen LogP contribution in [0.2, 0.25) is 10.0 Å². The van der Waals surface area contributed by atoms with Crippen molar-refractivity contribution in [2.45, 2.75) is 40.3 Å². The van der Waals surface area contributed by atoms with Crippen molar-refractivity contribution in [1.82, 2.24) is 14.5 Å². The summed E-state index contributed by atoms with van der Waals surface area (Å²) in [6.45, 7) is 8.87. The SMILES string of the molecule is CCn1c(C(C)N(CC(C)C)C(=O)c2ccc(Cl)c(Cl)c2)nc2ccccc2c1=O. The molecule has 1 amide bonds. The maximum absolute atomic E-state index is 13.4. The van der Waals surface area contributed by atoms with Gasteiger partial charge in [-0.15, -0.1) is 0 Å². The Balaban J connectivity index is 2.12. The third-order valence-corrected chi connectivity index (χ3v) is 5.78. The lowest BCUT2D eigenvalue weighted by atomic mass is 10.1. The molecule has 5 nitrogen and oxygen atoms in total. The topological polar surface area (TPSA) is 55.2 Å². The Labute approximate surface area is 186 Å². The molecule has 158 valence electrons. The number of carbonyl (C=O) groups is 1. The Kier molecular flexibility index (Phi) is 6.84. The van der Waals surface area contributed by atoms with Crippen LogP contribution in [-0.4, -0.2) is 26.9 Å². The van der Waals surface area contributed by atoms with Gasteiger partial charge in [-0.1, -0.05) is 49.2 Å². The largest absolute Gasteiger partial charge is 0.328 e. The van der Waals surface area contributed by atoms with E-state index in [1.807, 2.05) is 45.9 Å². The van der Waals surface area contributed by atoms with Crippen LogP contribution in [0.4, 0.5) is 0 Å². The van der Waals surface area contributed by atoms with Gasteiger partial charge in [0.2, 0.25) is 0 Å². The van der Waals surface area contributed by atoms with Gasteiger partial charge in [0, 0.05) is 18.7 Å². The third-order valence-electron chi connectivity index (χ3n) is 5.04. The molecule has 1 atom stereocenters. The van der Waals surface area contributed by atoms with Crippen molar-refractivity contribution in [2.75, 3.05) is 6.54 Å². The second kappa shape index (κ2) is 9.19. The molecule has 0 aliphatic rings. The van der Waals surface area contributed by atoms with Gasteiger partial charge < -0.3 is 4.90 Å². The molecule has 1 unspecified atom stereocenters. The average molecular weight is 446 g/mol. The maximum Gasteiger partial charge on any atom is 0.261 e. The van der Waals surface area contributed by atoms with Crippen LogP contribution in [0.1, 0.15) is 49.9 Å². The van der Waals surface area contributed by atoms with Crippen LogP contribution in [0.15, 0.2) is 47.3 Å². The predicted octanol–water partition coefficient (Wildman–Crippen LogP) is 5.58. The predicted molar refractivity (Wildman–Crippen MR) is 122 cm³/mol. The molecule has 1 aromatic heterocycles. The summed E-state index contributed by atoms with van der Waals surface area (Å²) >= 11 is 12.2. The molecule has 30 heavy (non-hydrogen) atoms. The van der Waals surface area contributed by atoms with E-state index >= 15 is 0 Å². The fourth-order valence-electron chi connectivity index (χ4n) is 3.55. The number of fused-ring (bicyclic) bond motifs is 1. The fraction of sp³-hybridized carbons (Fsp3) is 0.348. The normalized spacial score (nSPS) is 12.4. The molecule has 0 radical (unpaired) electrons. The van der Waals surface area contributed by atoms with Crippen LogP contribution < -0.4 is 5.56 Å². The number of carbonyl (C=O) groups excluding carboxylic acids is 1. The van der Waals surface area contributed by atoms with Crippen LogP contribution in [0.25, 0.3) is 10.9 Å². The quantitative estimate of drug-likeness (QED) is 0.497. The van der Waals surface area contributed by atoms with E-state index in [0.717, 1.165) is 0 Å². The van der Waals surface area contributed by atoms with Gasteiger partial charge in [-0.3, -0.25) is 14.2 Å². The zero-order valence-electron chi connectivity index (χ0n) is 17.5. The highest BCUT2D eigenvalue weighted by Crippen LogP contribution is 2.27. The van der Waals surface area contributed by atoms with E-state index in [-0.39, 0.29) is 17.4 Å². The van der Waals surface area contributed by atoms with E-state index in [4.69, 9.17) is 28.2 Å². The standard InChI is InChI=1S/C23H25Cl2N3O2/c1-5-27-21(26-20-9-7-6-8-17(20)23(27)30)15(4)28(13-14(2)3)22(29)16-10-11-18(24)19(25)12-16/h6-12,14-15H,5,13H2,1-4H3. The highest BCUT2D eigenvalue weighted by atomic mass is 35.5. The zero-order valence-corrected chi connectivity index (χ0v) is 19.0. The van der Waals surface area contributed by atoms with E-state index in [1.54, 1.807) is 33.7 Å². The first kappa shape index (κ1) is 22.3. The van der Waals surface area contributed by atoms with E-state index < -0.39 is 6.04 Å². The van der Waals surface area contributed by atoms with Crippen molar-refractivity contribution >= 4 is 40.0 Å². The first-order valence-electron chi connectivity index (χ1n) is 10.00. The van der Waals surface area contributed by atoms with Gasteiger partial charge in [0.05, 0.1) is 27.0 Å². The zero-order chi connectivity index (χ0) is 22.0. The van der Waals surface area contributed by atoms with E-state index in [9.17, 15) is 9.59 Å². The highest BCUT2D eigenvalue weighted by Gasteiger charge is 2.27. The monoisotopic (exact) mass is 445 g/mol. The summed E-state index contributed by atoms with van der Waals surface area (Å²) in [7, 11) is 0. The lowest BCUT2D eigenvalue weighted by Gasteiger charge is -2.32. The second-order valence-electron chi connectivity index (χ2n) is 7.69. The minimum atomic E-state index is -0.411. The Morgan fingerprint density at radius 3 is 2.43 bits per heavy atom. The lowest BCUT2D eigenvalue weighted by Crippen LogP contribution is -2.39. The molecule has 0 bridgehead atoms. The van der Waals surface area contributed by atoms with Gasteiger partial charge >= 0.3 is 0 Å². The number of para-hydroxylation sites is 1. The molecule has 2 aromatic carbocycles. The van der Waals surface area contributed by atoms with Crippen molar-refractivity contribution < 1.29 is 4.79 Å². The van der Waals surface area contributed by atoms with Crippen LogP contribution in [-0.2, 0) is 6.54 Å². The molecule has 0 aliphatic carbocycles. The minimum absolute atomic E-state index is 0.101. The summed E-state index contributed by atoms with van der Waals surface area (Å²) in [6, 6.07) is 11.7. The second-order valence-corrected chi connectivity index (χ2v) is 8.51. The minimum Gasteiger partial charge on any atom is -0.328 e. The fourth-order valence-corrected chi connectivity index (χ4v) is 3.85. The van der Waals surface area contributed by atoms with Crippen molar-refractivity contribution in [3.05, 3.63) is 74.3 Å². The van der Waals surface area contributed by atoms with Crippen molar-refractivity contribution in [3.63, 3.8) is 0 Å². The molecule has 0 fully saturated rings. The maximum atomic E-state index is 13.4. The molecule has 3 aromatic rings. The lowest BCUT2D eigenvalue weighted by molar-refractivity contribution is 0.0653. The first-order valence-corrected chi connectivity index (χ1v) is 10.8. The number of aromatic nitrogens is 2. The summed E-state index contributed by atoms with van der Waals surface area (Å²) in [5.41, 5.74) is 0.972. The molecule has 1 heterocycles. The Morgan fingerprint density at radius 2 is 1.80 bits per heavy atom. The number of nitrogens with zero attached hydrogens (tertiary/aromatic N) is 3. The van der Waals surface area contributed by atoms with Crippen LogP contribution >= 0.6 is 23.2 Å². The number of benzene rings is 2. The van der Waals surface area contributed by atoms with E-state index in [2.05, 4.69) is 0 Å². The molecule has 0 N–H and O–H groups in total. The van der Waals surface area contributed by atoms with Crippen molar-refractivity contribution in [2.24, 2.45) is 5.92 Å². The van der Waals surface area contributed by atoms with Gasteiger partial charge in [-0.05, 0) is 50.1 Å². The molecule has 7 heteroatoms. The van der Waals surface area contributed by atoms with Gasteiger partial charge in [-0.2, -0.15) is 0 Å². The third kappa shape index (κ3) is 4.37. The molecular weight excluding hydrogens is 421 g/mol. The Hall–Kier alpha value is -2.37. The number of halogens is 2. The summed E-state index contributed by atoms with van der Waals surface area (Å²) in [5, 5.41) is 1.29. The summed E-state index contributed by atoms with van der Waals surface area (Å²) < 4.78 is 1.64. The molecule has 3 rings (SSSR count). The Morgan fingerprint density at radius 1 is 1.10 bits per heavy atom. The highest BCUT2D eigenvalue weighted by molar-refractivity contribution is 6.42. The van der Waals surface area contributed by atoms with Gasteiger partial charge in [0.25, 0.3) is 11.5 Å². The van der Waals surface area contributed by atoms with Crippen LogP contribution in [0, 0.1) is 5.92 Å². The molecule has 0 aliphatic heterocycles. The van der Waals surface area contributed by atoms with Crippen molar-refractivity contribution in [1.29, 1.82) is 0 Å². The molecular formula is C23H25Cl2N3O2. The van der Waals surface area contributed by atoms with E-state index in [0.29, 0.717) is 45.4 Å². The van der Waals surface area contributed by atoms with Gasteiger partial charge in [0.1, 0.15) is 5.82 Å². The Bertz CT molecular complexity index is 1140. The number of rotatable bonds is 6. The summed E-state index contributed by atoms with van der Waals surface area (Å²) in [5.74, 6) is 0.608. The number of hydrogen-bond acceptors (Lipinski definition) is 3. The molecule has 0 saturated carbocycles. The number of amides is 1. The van der Waals surface area contributed by atoms with Crippen LogP contribution in [0.3, 0.4) is 0 Å². The summed E-state index contributed by atoms with van der Waals surface area (Å²) in [4.78, 5) is 33.0. The van der Waals surface area contributed by atoms with Gasteiger partial charge in [0.15, 0.2) is 0 Å². The summed E-state index contributed by atoms with van der Waals surface area (Å²) in [6.07, 6.45) is 0. The van der Waals surface area contributed by atoms with Crippen LogP contribution in [0.5, 0.6) is 0 Å². The van der Waals surface area contributed by atoms with Crippen molar-refractivity contribution in [3.8, 4) is 0 Å². The van der Waals surface area contributed by atoms with Gasteiger partial charge in [-0.25, -0.2) is 4.98 Å². The first-order chi connectivity index (χ1) is 14.2.